The van der Waals surface area contributed by atoms with Gasteiger partial charge in [0.1, 0.15) is 11.3 Å². The SMILES string of the molecule is COCC1(C(N)=O)CCCN1C(=O)CCc1ccc(OC)c(Cl)c1. The third-order valence-corrected chi connectivity index (χ3v) is 4.77. The Bertz CT molecular complexity index is 623. The summed E-state index contributed by atoms with van der Waals surface area (Å²) in [5, 5.41) is 0.509. The van der Waals surface area contributed by atoms with E-state index in [1.54, 1.807) is 24.1 Å². The molecule has 2 rings (SSSR count). The summed E-state index contributed by atoms with van der Waals surface area (Å²) in [7, 11) is 3.06. The van der Waals surface area contributed by atoms with Gasteiger partial charge in [0, 0.05) is 20.1 Å². The summed E-state index contributed by atoms with van der Waals surface area (Å²) in [6.45, 7) is 0.650. The van der Waals surface area contributed by atoms with Crippen molar-refractivity contribution in [2.75, 3.05) is 27.4 Å². The normalized spacial score (nSPS) is 20.2. The summed E-state index contributed by atoms with van der Waals surface area (Å²) in [5.41, 5.74) is 5.47. The Labute approximate surface area is 146 Å². The minimum Gasteiger partial charge on any atom is -0.495 e. The smallest absolute Gasteiger partial charge is 0.245 e. The monoisotopic (exact) mass is 354 g/mol. The van der Waals surface area contributed by atoms with Gasteiger partial charge in [-0.2, -0.15) is 0 Å². The Hall–Kier alpha value is -1.79. The lowest BCUT2D eigenvalue weighted by Crippen LogP contribution is -2.58. The molecule has 2 N–H and O–H groups in total. The van der Waals surface area contributed by atoms with Crippen molar-refractivity contribution >= 4 is 23.4 Å². The molecule has 1 heterocycles. The summed E-state index contributed by atoms with van der Waals surface area (Å²) >= 11 is 6.10. The molecule has 6 nitrogen and oxygen atoms in total. The van der Waals surface area contributed by atoms with Crippen LogP contribution >= 0.6 is 11.6 Å². The predicted molar refractivity (Wildman–Crippen MR) is 91.1 cm³/mol. The van der Waals surface area contributed by atoms with Crippen molar-refractivity contribution in [1.82, 2.24) is 4.90 Å². The number of primary amides is 1. The first-order valence-electron chi connectivity index (χ1n) is 7.86. The van der Waals surface area contributed by atoms with Gasteiger partial charge in [-0.3, -0.25) is 9.59 Å². The molecule has 1 aliphatic heterocycles. The molecule has 0 aliphatic carbocycles. The highest BCUT2D eigenvalue weighted by Crippen LogP contribution is 2.31. The molecule has 24 heavy (non-hydrogen) atoms. The second-order valence-corrected chi connectivity index (χ2v) is 6.35. The van der Waals surface area contributed by atoms with Crippen molar-refractivity contribution in [2.45, 2.75) is 31.2 Å². The van der Waals surface area contributed by atoms with Crippen LogP contribution in [-0.2, 0) is 20.7 Å². The second-order valence-electron chi connectivity index (χ2n) is 5.95. The number of rotatable bonds is 7. The first-order valence-corrected chi connectivity index (χ1v) is 8.24. The Morgan fingerprint density at radius 2 is 2.12 bits per heavy atom. The van der Waals surface area contributed by atoms with Crippen molar-refractivity contribution in [1.29, 1.82) is 0 Å². The number of carbonyl (C=O) groups excluding carboxylic acids is 2. The van der Waals surface area contributed by atoms with Crippen LogP contribution in [0, 0.1) is 0 Å². The van der Waals surface area contributed by atoms with E-state index in [2.05, 4.69) is 0 Å². The zero-order valence-corrected chi connectivity index (χ0v) is 14.8. The van der Waals surface area contributed by atoms with Crippen molar-refractivity contribution in [2.24, 2.45) is 5.73 Å². The number of nitrogens with zero attached hydrogens (tertiary/aromatic N) is 1. The summed E-state index contributed by atoms with van der Waals surface area (Å²) < 4.78 is 10.3. The highest BCUT2D eigenvalue weighted by molar-refractivity contribution is 6.32. The number of likely N-dealkylation sites (tertiary alicyclic amines) is 1. The average molecular weight is 355 g/mol. The van der Waals surface area contributed by atoms with Crippen LogP contribution in [0.4, 0.5) is 0 Å². The molecule has 1 aromatic carbocycles. The van der Waals surface area contributed by atoms with Gasteiger partial charge >= 0.3 is 0 Å². The van der Waals surface area contributed by atoms with Gasteiger partial charge in [0.15, 0.2) is 0 Å². The van der Waals surface area contributed by atoms with Gasteiger partial charge in [0.2, 0.25) is 11.8 Å². The van der Waals surface area contributed by atoms with E-state index >= 15 is 0 Å². The number of amides is 2. The first kappa shape index (κ1) is 18.5. The van der Waals surface area contributed by atoms with E-state index in [0.29, 0.717) is 30.2 Å². The number of ether oxygens (including phenoxy) is 2. The lowest BCUT2D eigenvalue weighted by molar-refractivity contribution is -0.146. The molecule has 1 aromatic rings. The quantitative estimate of drug-likeness (QED) is 0.809. The third kappa shape index (κ3) is 3.65. The van der Waals surface area contributed by atoms with Gasteiger partial charge in [-0.25, -0.2) is 0 Å². The van der Waals surface area contributed by atoms with E-state index in [9.17, 15) is 9.59 Å². The number of aryl methyl sites for hydroxylation is 1. The summed E-state index contributed by atoms with van der Waals surface area (Å²) in [6, 6.07) is 5.43. The summed E-state index contributed by atoms with van der Waals surface area (Å²) in [4.78, 5) is 26.1. The minimum atomic E-state index is -1.02. The Morgan fingerprint density at radius 3 is 2.71 bits per heavy atom. The van der Waals surface area contributed by atoms with Crippen LogP contribution in [0.3, 0.4) is 0 Å². The van der Waals surface area contributed by atoms with Crippen LogP contribution in [0.5, 0.6) is 5.75 Å². The van der Waals surface area contributed by atoms with Crippen LogP contribution in [0.1, 0.15) is 24.8 Å². The maximum Gasteiger partial charge on any atom is 0.245 e. The van der Waals surface area contributed by atoms with Gasteiger partial charge in [0.05, 0.1) is 18.7 Å². The molecule has 132 valence electrons. The van der Waals surface area contributed by atoms with Crippen molar-refractivity contribution in [3.05, 3.63) is 28.8 Å². The average Bonchev–Trinajstić information content (AvgIpc) is 2.98. The molecule has 1 unspecified atom stereocenters. The Balaban J connectivity index is 2.06. The standard InChI is InChI=1S/C17H23ClN2O4/c1-23-11-17(16(19)22)8-3-9-20(17)15(21)7-5-12-4-6-14(24-2)13(18)10-12/h4,6,10H,3,5,7-9,11H2,1-2H3,(H2,19,22). The van der Waals surface area contributed by atoms with Crippen LogP contribution in [-0.4, -0.2) is 49.6 Å². The molecule has 1 saturated heterocycles. The Kier molecular flexibility index (Phi) is 6.07. The topological polar surface area (TPSA) is 81.9 Å². The van der Waals surface area contributed by atoms with Crippen LogP contribution in [0.25, 0.3) is 0 Å². The number of nitrogens with two attached hydrogens (primary N) is 1. The van der Waals surface area contributed by atoms with Crippen LogP contribution < -0.4 is 10.5 Å². The van der Waals surface area contributed by atoms with Crippen molar-refractivity contribution in [3.63, 3.8) is 0 Å². The zero-order chi connectivity index (χ0) is 17.7. The molecular formula is C17H23ClN2O4. The lowest BCUT2D eigenvalue weighted by atomic mass is 9.95. The summed E-state index contributed by atoms with van der Waals surface area (Å²) in [5.74, 6) is -0.0166. The molecule has 0 radical (unpaired) electrons. The second kappa shape index (κ2) is 7.85. The molecule has 1 fully saturated rings. The van der Waals surface area contributed by atoms with E-state index in [4.69, 9.17) is 26.8 Å². The fourth-order valence-corrected chi connectivity index (χ4v) is 3.49. The zero-order valence-electron chi connectivity index (χ0n) is 14.0. The number of methoxy groups -OCH3 is 2. The number of benzene rings is 1. The van der Waals surface area contributed by atoms with Gasteiger partial charge in [-0.05, 0) is 37.0 Å². The van der Waals surface area contributed by atoms with Gasteiger partial charge in [-0.15, -0.1) is 0 Å². The molecule has 0 saturated carbocycles. The number of hydrogen-bond donors (Lipinski definition) is 1. The maximum absolute atomic E-state index is 12.6. The third-order valence-electron chi connectivity index (χ3n) is 4.48. The molecule has 7 heteroatoms. The molecule has 2 amide bonds. The molecule has 0 aromatic heterocycles. The Morgan fingerprint density at radius 1 is 1.38 bits per heavy atom. The molecule has 0 bridgehead atoms. The first-order chi connectivity index (χ1) is 11.4. The van der Waals surface area contributed by atoms with Gasteiger partial charge in [-0.1, -0.05) is 17.7 Å². The van der Waals surface area contributed by atoms with E-state index in [1.807, 2.05) is 6.07 Å². The largest absolute Gasteiger partial charge is 0.495 e. The fourth-order valence-electron chi connectivity index (χ4n) is 3.21. The van der Waals surface area contributed by atoms with E-state index in [1.165, 1.54) is 7.11 Å². The number of halogens is 1. The minimum absolute atomic E-state index is 0.102. The molecule has 1 atom stereocenters. The highest BCUT2D eigenvalue weighted by atomic mass is 35.5. The molecule has 1 aliphatic rings. The predicted octanol–water partition coefficient (Wildman–Crippen LogP) is 1.77. The van der Waals surface area contributed by atoms with Crippen LogP contribution in [0.15, 0.2) is 18.2 Å². The lowest BCUT2D eigenvalue weighted by Gasteiger charge is -2.35. The molecular weight excluding hydrogens is 332 g/mol. The van der Waals surface area contributed by atoms with Gasteiger partial charge in [0.25, 0.3) is 0 Å². The number of carbonyl (C=O) groups is 2. The maximum atomic E-state index is 12.6. The fraction of sp³-hybridized carbons (Fsp3) is 0.529. The van der Waals surface area contributed by atoms with E-state index in [0.717, 1.165) is 12.0 Å². The van der Waals surface area contributed by atoms with Crippen molar-refractivity contribution < 1.29 is 19.1 Å². The summed E-state index contributed by atoms with van der Waals surface area (Å²) in [6.07, 6.45) is 2.09. The van der Waals surface area contributed by atoms with Crippen LogP contribution in [0.2, 0.25) is 5.02 Å². The molecule has 0 spiro atoms. The number of hydrogen-bond acceptors (Lipinski definition) is 4. The van der Waals surface area contributed by atoms with Gasteiger partial charge < -0.3 is 20.1 Å². The van der Waals surface area contributed by atoms with E-state index < -0.39 is 11.4 Å². The van der Waals surface area contributed by atoms with Crippen molar-refractivity contribution in [3.8, 4) is 5.75 Å². The highest BCUT2D eigenvalue weighted by Gasteiger charge is 2.48. The van der Waals surface area contributed by atoms with E-state index in [-0.39, 0.29) is 18.9 Å².